The summed E-state index contributed by atoms with van der Waals surface area (Å²) < 4.78 is 18.2. The van der Waals surface area contributed by atoms with E-state index >= 15 is 0 Å². The van der Waals surface area contributed by atoms with Crippen molar-refractivity contribution >= 4 is 17.8 Å². The standard InChI is InChI=1S/C15H17FN2O4/c16-12-4-2-1-3-11(12)15(21)22-9-13(19)18-7-5-10(6-8-18)14(17)20/h1-4,10H,5-9H2,(H2,17,20). The van der Waals surface area contributed by atoms with Crippen LogP contribution < -0.4 is 5.73 Å². The van der Waals surface area contributed by atoms with Crippen molar-refractivity contribution in [3.05, 3.63) is 35.6 Å². The molecule has 2 amide bonds. The fourth-order valence-corrected chi connectivity index (χ4v) is 2.34. The van der Waals surface area contributed by atoms with E-state index in [0.717, 1.165) is 6.07 Å². The molecule has 2 N–H and O–H groups in total. The number of likely N-dealkylation sites (tertiary alicyclic amines) is 1. The summed E-state index contributed by atoms with van der Waals surface area (Å²) in [6, 6.07) is 5.41. The SMILES string of the molecule is NC(=O)C1CCN(C(=O)COC(=O)c2ccccc2F)CC1. The van der Waals surface area contributed by atoms with Gasteiger partial charge >= 0.3 is 5.97 Å². The minimum absolute atomic E-state index is 0.206. The molecule has 1 aromatic carbocycles. The van der Waals surface area contributed by atoms with Crippen molar-refractivity contribution in [3.63, 3.8) is 0 Å². The van der Waals surface area contributed by atoms with E-state index in [2.05, 4.69) is 0 Å². The molecule has 0 radical (unpaired) electrons. The first-order valence-electron chi connectivity index (χ1n) is 6.97. The zero-order chi connectivity index (χ0) is 16.1. The number of amides is 2. The van der Waals surface area contributed by atoms with Gasteiger partial charge in [-0.15, -0.1) is 0 Å². The van der Waals surface area contributed by atoms with Crippen molar-refractivity contribution in [1.29, 1.82) is 0 Å². The molecular formula is C15H17FN2O4. The maximum Gasteiger partial charge on any atom is 0.341 e. The number of nitrogens with zero attached hydrogens (tertiary/aromatic N) is 1. The van der Waals surface area contributed by atoms with Gasteiger partial charge in [0.1, 0.15) is 5.82 Å². The highest BCUT2D eigenvalue weighted by Crippen LogP contribution is 2.17. The van der Waals surface area contributed by atoms with Crippen LogP contribution in [-0.4, -0.2) is 42.4 Å². The molecule has 118 valence electrons. The number of primary amides is 1. The molecule has 22 heavy (non-hydrogen) atoms. The van der Waals surface area contributed by atoms with E-state index in [1.807, 2.05) is 0 Å². The Morgan fingerprint density at radius 1 is 1.23 bits per heavy atom. The summed E-state index contributed by atoms with van der Waals surface area (Å²) in [4.78, 5) is 36.2. The highest BCUT2D eigenvalue weighted by atomic mass is 19.1. The monoisotopic (exact) mass is 308 g/mol. The Morgan fingerprint density at radius 3 is 2.45 bits per heavy atom. The van der Waals surface area contributed by atoms with Crippen molar-refractivity contribution < 1.29 is 23.5 Å². The number of hydrogen-bond donors (Lipinski definition) is 1. The summed E-state index contributed by atoms with van der Waals surface area (Å²) in [6.45, 7) is 0.335. The van der Waals surface area contributed by atoms with Crippen LogP contribution in [0.2, 0.25) is 0 Å². The van der Waals surface area contributed by atoms with E-state index in [0.29, 0.717) is 25.9 Å². The van der Waals surface area contributed by atoms with Crippen LogP contribution in [0.4, 0.5) is 4.39 Å². The Kier molecular flexibility index (Phi) is 5.08. The maximum atomic E-state index is 13.4. The fourth-order valence-electron chi connectivity index (χ4n) is 2.34. The van der Waals surface area contributed by atoms with E-state index in [1.165, 1.54) is 23.1 Å². The zero-order valence-corrected chi connectivity index (χ0v) is 12.0. The Balaban J connectivity index is 1.82. The normalized spacial score (nSPS) is 15.4. The van der Waals surface area contributed by atoms with Crippen molar-refractivity contribution in [2.24, 2.45) is 11.7 Å². The Bertz CT molecular complexity index is 583. The molecule has 0 atom stereocenters. The van der Waals surface area contributed by atoms with Gasteiger partial charge in [0.25, 0.3) is 5.91 Å². The average molecular weight is 308 g/mol. The summed E-state index contributed by atoms with van der Waals surface area (Å²) >= 11 is 0. The van der Waals surface area contributed by atoms with Crippen LogP contribution in [0.25, 0.3) is 0 Å². The van der Waals surface area contributed by atoms with Gasteiger partial charge in [-0.05, 0) is 25.0 Å². The predicted octanol–water partition coefficient (Wildman–Crippen LogP) is 0.706. The molecule has 0 bridgehead atoms. The topological polar surface area (TPSA) is 89.7 Å². The fraction of sp³-hybridized carbons (Fsp3) is 0.400. The van der Waals surface area contributed by atoms with Crippen molar-refractivity contribution in [2.45, 2.75) is 12.8 Å². The lowest BCUT2D eigenvalue weighted by Crippen LogP contribution is -2.43. The van der Waals surface area contributed by atoms with E-state index in [4.69, 9.17) is 10.5 Å². The third kappa shape index (κ3) is 3.81. The van der Waals surface area contributed by atoms with E-state index in [9.17, 15) is 18.8 Å². The van der Waals surface area contributed by atoms with E-state index < -0.39 is 18.4 Å². The molecule has 1 saturated heterocycles. The van der Waals surface area contributed by atoms with Crippen LogP contribution in [0.5, 0.6) is 0 Å². The summed E-state index contributed by atoms with van der Waals surface area (Å²) in [5.41, 5.74) is 5.01. The van der Waals surface area contributed by atoms with Crippen LogP contribution in [0, 0.1) is 11.7 Å². The van der Waals surface area contributed by atoms with E-state index in [-0.39, 0.29) is 23.3 Å². The number of nitrogens with two attached hydrogens (primary N) is 1. The quantitative estimate of drug-likeness (QED) is 0.829. The Hall–Kier alpha value is -2.44. The van der Waals surface area contributed by atoms with E-state index in [1.54, 1.807) is 0 Å². The van der Waals surface area contributed by atoms with Crippen LogP contribution in [-0.2, 0) is 14.3 Å². The first kappa shape index (κ1) is 15.9. The number of piperidine rings is 1. The minimum atomic E-state index is -0.876. The second kappa shape index (κ2) is 7.02. The maximum absolute atomic E-state index is 13.4. The second-order valence-electron chi connectivity index (χ2n) is 5.11. The number of esters is 1. The van der Waals surface area contributed by atoms with Gasteiger partial charge in [-0.25, -0.2) is 9.18 Å². The second-order valence-corrected chi connectivity index (χ2v) is 5.11. The molecule has 1 aromatic rings. The Labute approximate surface area is 127 Å². The molecule has 7 heteroatoms. The number of benzene rings is 1. The van der Waals surface area contributed by atoms with Crippen LogP contribution >= 0.6 is 0 Å². The van der Waals surface area contributed by atoms with Gasteiger partial charge in [0.15, 0.2) is 6.61 Å². The van der Waals surface area contributed by atoms with Gasteiger partial charge in [-0.3, -0.25) is 9.59 Å². The van der Waals surface area contributed by atoms with Gasteiger partial charge in [0.05, 0.1) is 5.56 Å². The third-order valence-electron chi connectivity index (χ3n) is 3.67. The average Bonchev–Trinajstić information content (AvgIpc) is 2.52. The first-order chi connectivity index (χ1) is 10.5. The molecule has 1 heterocycles. The lowest BCUT2D eigenvalue weighted by Gasteiger charge is -2.30. The molecule has 6 nitrogen and oxygen atoms in total. The van der Waals surface area contributed by atoms with Gasteiger partial charge < -0.3 is 15.4 Å². The number of hydrogen-bond acceptors (Lipinski definition) is 4. The summed E-state index contributed by atoms with van der Waals surface area (Å²) in [7, 11) is 0. The highest BCUT2D eigenvalue weighted by molar-refractivity contribution is 5.91. The highest BCUT2D eigenvalue weighted by Gasteiger charge is 2.26. The van der Waals surface area contributed by atoms with Crippen LogP contribution in [0.1, 0.15) is 23.2 Å². The number of carbonyl (C=O) groups excluding carboxylic acids is 3. The molecule has 0 unspecified atom stereocenters. The number of rotatable bonds is 4. The minimum Gasteiger partial charge on any atom is -0.452 e. The van der Waals surface area contributed by atoms with Crippen molar-refractivity contribution in [1.82, 2.24) is 4.90 Å². The van der Waals surface area contributed by atoms with Crippen molar-refractivity contribution in [3.8, 4) is 0 Å². The molecule has 0 saturated carbocycles. The molecule has 0 aliphatic carbocycles. The zero-order valence-electron chi connectivity index (χ0n) is 12.0. The number of halogens is 1. The smallest absolute Gasteiger partial charge is 0.341 e. The van der Waals surface area contributed by atoms with Gasteiger partial charge in [0.2, 0.25) is 5.91 Å². The molecule has 0 spiro atoms. The molecule has 2 rings (SSSR count). The van der Waals surface area contributed by atoms with Gasteiger partial charge in [-0.1, -0.05) is 12.1 Å². The third-order valence-corrected chi connectivity index (χ3v) is 3.67. The van der Waals surface area contributed by atoms with Gasteiger partial charge in [-0.2, -0.15) is 0 Å². The molecule has 1 fully saturated rings. The lowest BCUT2D eigenvalue weighted by molar-refractivity contribution is -0.137. The predicted molar refractivity (Wildman–Crippen MR) is 75.2 cm³/mol. The van der Waals surface area contributed by atoms with Crippen molar-refractivity contribution in [2.75, 3.05) is 19.7 Å². The molecule has 0 aromatic heterocycles. The number of ether oxygens (including phenoxy) is 1. The Morgan fingerprint density at radius 2 is 1.86 bits per heavy atom. The molecule has 1 aliphatic rings. The molecule has 1 aliphatic heterocycles. The summed E-state index contributed by atoms with van der Waals surface area (Å²) in [5.74, 6) is -2.52. The molecular weight excluding hydrogens is 291 g/mol. The summed E-state index contributed by atoms with van der Waals surface area (Å²) in [6.07, 6.45) is 1.00. The largest absolute Gasteiger partial charge is 0.452 e. The van der Waals surface area contributed by atoms with Gasteiger partial charge in [0, 0.05) is 19.0 Å². The first-order valence-corrected chi connectivity index (χ1v) is 6.97. The van der Waals surface area contributed by atoms with Crippen LogP contribution in [0.15, 0.2) is 24.3 Å². The summed E-state index contributed by atoms with van der Waals surface area (Å²) in [5, 5.41) is 0. The lowest BCUT2D eigenvalue weighted by atomic mass is 9.96. The number of carbonyl (C=O) groups is 3. The van der Waals surface area contributed by atoms with Crippen LogP contribution in [0.3, 0.4) is 0 Å².